The highest BCUT2D eigenvalue weighted by Crippen LogP contribution is 2.27. The largest absolute Gasteiger partial charge is 0.493 e. The smallest absolute Gasteiger partial charge is 0.223 e. The molecule has 0 aromatic heterocycles. The third-order valence-electron chi connectivity index (χ3n) is 3.69. The Morgan fingerprint density at radius 2 is 2.09 bits per heavy atom. The summed E-state index contributed by atoms with van der Waals surface area (Å²) in [7, 11) is 3.23. The molecule has 1 amide bonds. The number of nitrogens with zero attached hydrogens (tertiary/aromatic N) is 2. The van der Waals surface area contributed by atoms with Crippen molar-refractivity contribution >= 4 is 11.7 Å². The second kappa shape index (κ2) is 7.68. The first-order chi connectivity index (χ1) is 10.6. The Hall–Kier alpha value is -2.24. The van der Waals surface area contributed by atoms with Gasteiger partial charge in [0.15, 0.2) is 11.5 Å². The van der Waals surface area contributed by atoms with Crippen molar-refractivity contribution in [2.24, 2.45) is 10.7 Å². The minimum absolute atomic E-state index is 0.165. The van der Waals surface area contributed by atoms with Gasteiger partial charge in [0.1, 0.15) is 5.84 Å². The van der Waals surface area contributed by atoms with E-state index in [9.17, 15) is 4.79 Å². The molecule has 1 aromatic rings. The number of carbonyl (C=O) groups is 1. The van der Waals surface area contributed by atoms with Crippen molar-refractivity contribution in [3.8, 4) is 11.5 Å². The van der Waals surface area contributed by atoms with Crippen LogP contribution in [0.2, 0.25) is 0 Å². The molecule has 2 N–H and O–H groups in total. The van der Waals surface area contributed by atoms with Crippen molar-refractivity contribution in [3.05, 3.63) is 23.8 Å². The molecule has 2 rings (SSSR count). The Morgan fingerprint density at radius 1 is 1.32 bits per heavy atom. The molecule has 1 aliphatic rings. The van der Waals surface area contributed by atoms with Crippen molar-refractivity contribution in [2.75, 3.05) is 33.9 Å². The lowest BCUT2D eigenvalue weighted by molar-refractivity contribution is -0.127. The van der Waals surface area contributed by atoms with Gasteiger partial charge >= 0.3 is 0 Å². The predicted octanol–water partition coefficient (Wildman–Crippen LogP) is 1.23. The second-order valence-corrected chi connectivity index (χ2v) is 5.23. The average Bonchev–Trinajstić information content (AvgIpc) is 2.92. The number of likely N-dealkylation sites (tertiary alicyclic amines) is 1. The van der Waals surface area contributed by atoms with E-state index in [4.69, 9.17) is 15.2 Å². The van der Waals surface area contributed by atoms with E-state index in [1.165, 1.54) is 0 Å². The summed E-state index contributed by atoms with van der Waals surface area (Å²) >= 11 is 0. The Bertz CT molecular complexity index is 558. The lowest BCUT2D eigenvalue weighted by Gasteiger charge is -2.14. The van der Waals surface area contributed by atoms with Crippen LogP contribution in [0.25, 0.3) is 0 Å². The standard InChI is InChI=1S/C16H23N3O3/c1-21-13-6-5-12(10-14(13)22-2)7-8-18-15(17)11-19-9-3-4-16(19)20/h5-6,10H,3-4,7-9,11H2,1-2H3,(H2,17,18). The molecule has 0 spiro atoms. The van der Waals surface area contributed by atoms with Gasteiger partial charge in [-0.25, -0.2) is 0 Å². The van der Waals surface area contributed by atoms with Crippen molar-refractivity contribution in [2.45, 2.75) is 19.3 Å². The summed E-state index contributed by atoms with van der Waals surface area (Å²) in [6, 6.07) is 5.80. The fourth-order valence-corrected chi connectivity index (χ4v) is 2.48. The molecule has 0 bridgehead atoms. The normalized spacial score (nSPS) is 15.3. The van der Waals surface area contributed by atoms with Gasteiger partial charge in [-0.15, -0.1) is 0 Å². The van der Waals surface area contributed by atoms with Crippen LogP contribution >= 0.6 is 0 Å². The fourth-order valence-electron chi connectivity index (χ4n) is 2.48. The van der Waals surface area contributed by atoms with Crippen LogP contribution in [0, 0.1) is 0 Å². The molecule has 6 nitrogen and oxygen atoms in total. The molecule has 1 heterocycles. The second-order valence-electron chi connectivity index (χ2n) is 5.23. The maximum atomic E-state index is 11.5. The van der Waals surface area contributed by atoms with Gasteiger partial charge in [-0.1, -0.05) is 6.07 Å². The summed E-state index contributed by atoms with van der Waals surface area (Å²) in [6.45, 7) is 1.80. The summed E-state index contributed by atoms with van der Waals surface area (Å²) in [5.41, 5.74) is 7.00. The van der Waals surface area contributed by atoms with Gasteiger partial charge in [-0.05, 0) is 30.5 Å². The zero-order chi connectivity index (χ0) is 15.9. The lowest BCUT2D eigenvalue weighted by atomic mass is 10.1. The number of nitrogens with two attached hydrogens (primary N) is 1. The van der Waals surface area contributed by atoms with Crippen LogP contribution in [-0.4, -0.2) is 50.5 Å². The third kappa shape index (κ3) is 4.13. The molecule has 0 atom stereocenters. The number of hydrogen-bond donors (Lipinski definition) is 1. The number of benzene rings is 1. The van der Waals surface area contributed by atoms with Crippen molar-refractivity contribution in [1.29, 1.82) is 0 Å². The highest BCUT2D eigenvalue weighted by atomic mass is 16.5. The summed E-state index contributed by atoms with van der Waals surface area (Å²) in [5, 5.41) is 0. The Kier molecular flexibility index (Phi) is 5.63. The minimum atomic E-state index is 0.165. The number of hydrogen-bond acceptors (Lipinski definition) is 4. The van der Waals surface area contributed by atoms with Gasteiger partial charge in [0, 0.05) is 19.5 Å². The first kappa shape index (κ1) is 16.1. The first-order valence-electron chi connectivity index (χ1n) is 7.41. The van der Waals surface area contributed by atoms with E-state index in [1.54, 1.807) is 19.1 Å². The van der Waals surface area contributed by atoms with E-state index in [2.05, 4.69) is 4.99 Å². The number of rotatable bonds is 7. The molecule has 0 saturated carbocycles. The number of aliphatic imine (C=N–C) groups is 1. The molecule has 6 heteroatoms. The molecule has 120 valence electrons. The molecular weight excluding hydrogens is 282 g/mol. The highest BCUT2D eigenvalue weighted by Gasteiger charge is 2.20. The number of amides is 1. The van der Waals surface area contributed by atoms with Gasteiger partial charge in [0.2, 0.25) is 5.91 Å². The SMILES string of the molecule is COc1ccc(CCN=C(N)CN2CCCC2=O)cc1OC. The number of amidine groups is 1. The molecule has 1 fully saturated rings. The van der Waals surface area contributed by atoms with Gasteiger partial charge in [-0.2, -0.15) is 0 Å². The van der Waals surface area contributed by atoms with Crippen LogP contribution in [0.1, 0.15) is 18.4 Å². The fraction of sp³-hybridized carbons (Fsp3) is 0.500. The van der Waals surface area contributed by atoms with Crippen LogP contribution in [0.15, 0.2) is 23.2 Å². The quantitative estimate of drug-likeness (QED) is 0.607. The van der Waals surface area contributed by atoms with E-state index in [-0.39, 0.29) is 5.91 Å². The first-order valence-corrected chi connectivity index (χ1v) is 7.41. The summed E-state index contributed by atoms with van der Waals surface area (Å²) in [6.07, 6.45) is 2.30. The third-order valence-corrected chi connectivity index (χ3v) is 3.69. The summed E-state index contributed by atoms with van der Waals surface area (Å²) < 4.78 is 10.5. The molecule has 1 aliphatic heterocycles. The van der Waals surface area contributed by atoms with Crippen LogP contribution in [0.3, 0.4) is 0 Å². The van der Waals surface area contributed by atoms with Gasteiger partial charge in [-0.3, -0.25) is 9.79 Å². The lowest BCUT2D eigenvalue weighted by Crippen LogP contribution is -2.34. The summed E-state index contributed by atoms with van der Waals surface area (Å²) in [4.78, 5) is 17.6. The number of ether oxygens (including phenoxy) is 2. The van der Waals surface area contributed by atoms with E-state index in [0.717, 1.165) is 24.9 Å². The van der Waals surface area contributed by atoms with Crippen LogP contribution in [-0.2, 0) is 11.2 Å². The van der Waals surface area contributed by atoms with Crippen LogP contribution < -0.4 is 15.2 Å². The Morgan fingerprint density at radius 3 is 2.73 bits per heavy atom. The van der Waals surface area contributed by atoms with Crippen molar-refractivity contribution in [1.82, 2.24) is 4.90 Å². The molecule has 1 saturated heterocycles. The number of carbonyl (C=O) groups excluding carboxylic acids is 1. The van der Waals surface area contributed by atoms with E-state index < -0.39 is 0 Å². The maximum absolute atomic E-state index is 11.5. The number of methoxy groups -OCH3 is 2. The van der Waals surface area contributed by atoms with Gasteiger partial charge < -0.3 is 20.1 Å². The minimum Gasteiger partial charge on any atom is -0.493 e. The topological polar surface area (TPSA) is 77.2 Å². The molecular formula is C16H23N3O3. The highest BCUT2D eigenvalue weighted by molar-refractivity contribution is 5.88. The maximum Gasteiger partial charge on any atom is 0.223 e. The van der Waals surface area contributed by atoms with Crippen LogP contribution in [0.5, 0.6) is 11.5 Å². The molecule has 0 aliphatic carbocycles. The van der Waals surface area contributed by atoms with Crippen molar-refractivity contribution < 1.29 is 14.3 Å². The van der Waals surface area contributed by atoms with Crippen LogP contribution in [0.4, 0.5) is 0 Å². The zero-order valence-electron chi connectivity index (χ0n) is 13.2. The molecule has 22 heavy (non-hydrogen) atoms. The van der Waals surface area contributed by atoms with E-state index in [1.807, 2.05) is 18.2 Å². The Labute approximate surface area is 130 Å². The monoisotopic (exact) mass is 305 g/mol. The van der Waals surface area contributed by atoms with Gasteiger partial charge in [0.05, 0.1) is 20.8 Å². The molecule has 0 radical (unpaired) electrons. The average molecular weight is 305 g/mol. The van der Waals surface area contributed by atoms with Gasteiger partial charge in [0.25, 0.3) is 0 Å². The summed E-state index contributed by atoms with van der Waals surface area (Å²) in [5.74, 6) is 2.09. The van der Waals surface area contributed by atoms with Crippen molar-refractivity contribution in [3.63, 3.8) is 0 Å². The zero-order valence-corrected chi connectivity index (χ0v) is 13.2. The Balaban J connectivity index is 1.87. The van der Waals surface area contributed by atoms with E-state index in [0.29, 0.717) is 36.8 Å². The predicted molar refractivity (Wildman–Crippen MR) is 85.6 cm³/mol. The molecule has 1 aromatic carbocycles. The molecule has 0 unspecified atom stereocenters. The van der Waals surface area contributed by atoms with E-state index >= 15 is 0 Å².